The van der Waals surface area contributed by atoms with E-state index >= 15 is 0 Å². The molecule has 41 heavy (non-hydrogen) atoms. The molecule has 0 saturated carbocycles. The number of nitrogens with two attached hydrogens (primary N) is 1. The number of hydrogen-bond donors (Lipinski definition) is 3. The van der Waals surface area contributed by atoms with Gasteiger partial charge in [0.2, 0.25) is 5.88 Å². The number of nitriles is 2. The molecule has 0 spiro atoms. The van der Waals surface area contributed by atoms with Gasteiger partial charge in [0.05, 0.1) is 37.3 Å². The number of carbonyl (C=O) groups excluding carboxylic acids is 1. The Kier molecular flexibility index (Phi) is 8.42. The van der Waals surface area contributed by atoms with Gasteiger partial charge in [0, 0.05) is 0 Å². The molecule has 3 aromatic carbocycles. The minimum atomic E-state index is -0.887. The molecule has 0 aliphatic carbocycles. The van der Waals surface area contributed by atoms with E-state index in [0.29, 0.717) is 22.3 Å². The number of hydrogen-bond acceptors (Lipinski definition) is 9. The van der Waals surface area contributed by atoms with E-state index in [2.05, 4.69) is 12.1 Å². The predicted octanol–water partition coefficient (Wildman–Crippen LogP) is 5.04. The number of ketones is 1. The van der Waals surface area contributed by atoms with Gasteiger partial charge in [-0.15, -0.1) is 0 Å². The molecular formula is C32H25N3O6. The standard InChI is InChI=1S/C32H25N3O6/c1-39-28-15-19(5-11-24(28)36)7-13-26(38)31-27(14-8-20-6-12-25(37)29(16-20)40-2)41-32(35)23(18-34)30(31)22-9-3-21(17-33)4-10-22/h3-16,30,36-37H,35H2,1-2H3. The summed E-state index contributed by atoms with van der Waals surface area (Å²) in [5, 5.41) is 39.1. The van der Waals surface area contributed by atoms with Gasteiger partial charge >= 0.3 is 0 Å². The topological polar surface area (TPSA) is 159 Å². The number of phenolic OH excluding ortho intramolecular Hbond substituents is 2. The number of carbonyl (C=O) groups is 1. The molecule has 1 aliphatic heterocycles. The molecule has 0 radical (unpaired) electrons. The molecule has 0 saturated heterocycles. The first kappa shape index (κ1) is 28.1. The number of aromatic hydroxyl groups is 2. The van der Waals surface area contributed by atoms with Crippen molar-refractivity contribution < 1.29 is 29.2 Å². The van der Waals surface area contributed by atoms with Crippen molar-refractivity contribution in [2.45, 2.75) is 5.92 Å². The average Bonchev–Trinajstić information content (AvgIpc) is 2.99. The zero-order chi connectivity index (χ0) is 29.5. The Morgan fingerprint density at radius 2 is 1.46 bits per heavy atom. The fourth-order valence-electron chi connectivity index (χ4n) is 4.28. The van der Waals surface area contributed by atoms with Crippen LogP contribution in [0, 0.1) is 22.7 Å². The van der Waals surface area contributed by atoms with Crippen molar-refractivity contribution in [1.82, 2.24) is 0 Å². The molecule has 0 fully saturated rings. The number of allylic oxidation sites excluding steroid dienone is 4. The summed E-state index contributed by atoms with van der Waals surface area (Å²) in [7, 11) is 2.85. The van der Waals surface area contributed by atoms with Crippen molar-refractivity contribution in [1.29, 1.82) is 10.5 Å². The third-order valence-electron chi connectivity index (χ3n) is 6.35. The van der Waals surface area contributed by atoms with E-state index in [0.717, 1.165) is 0 Å². The lowest BCUT2D eigenvalue weighted by molar-refractivity contribution is -0.111. The van der Waals surface area contributed by atoms with Crippen LogP contribution in [0.4, 0.5) is 0 Å². The maximum atomic E-state index is 13.8. The summed E-state index contributed by atoms with van der Waals surface area (Å²) in [6, 6.07) is 20.0. The first-order chi connectivity index (χ1) is 19.8. The third-order valence-corrected chi connectivity index (χ3v) is 6.35. The highest BCUT2D eigenvalue weighted by Crippen LogP contribution is 2.40. The van der Waals surface area contributed by atoms with Gasteiger partial charge in [0.25, 0.3) is 0 Å². The van der Waals surface area contributed by atoms with Crippen LogP contribution in [-0.4, -0.2) is 30.2 Å². The second-order valence-corrected chi connectivity index (χ2v) is 8.83. The minimum Gasteiger partial charge on any atom is -0.504 e. The second kappa shape index (κ2) is 12.3. The van der Waals surface area contributed by atoms with E-state index in [1.165, 1.54) is 32.4 Å². The molecular weight excluding hydrogens is 522 g/mol. The first-order valence-corrected chi connectivity index (χ1v) is 12.3. The predicted molar refractivity (Wildman–Crippen MR) is 151 cm³/mol. The molecule has 9 heteroatoms. The Bertz CT molecular complexity index is 1700. The zero-order valence-corrected chi connectivity index (χ0v) is 22.2. The van der Waals surface area contributed by atoms with Crippen LogP contribution in [0.3, 0.4) is 0 Å². The van der Waals surface area contributed by atoms with E-state index in [1.54, 1.807) is 66.8 Å². The fraction of sp³-hybridized carbons (Fsp3) is 0.0938. The SMILES string of the molecule is COc1cc(C=CC(=O)C2=C(C=Cc3ccc(O)c(OC)c3)OC(N)=C(C#N)C2c2ccc(C#N)cc2)ccc1O. The summed E-state index contributed by atoms with van der Waals surface area (Å²) in [6.07, 6.45) is 6.08. The van der Waals surface area contributed by atoms with E-state index in [9.17, 15) is 25.5 Å². The first-order valence-electron chi connectivity index (χ1n) is 12.3. The maximum Gasteiger partial charge on any atom is 0.205 e. The Labute approximate surface area is 236 Å². The van der Waals surface area contributed by atoms with Gasteiger partial charge < -0.3 is 30.2 Å². The van der Waals surface area contributed by atoms with Crippen molar-refractivity contribution >= 4 is 17.9 Å². The van der Waals surface area contributed by atoms with Crippen LogP contribution < -0.4 is 15.2 Å². The summed E-state index contributed by atoms with van der Waals surface area (Å²) >= 11 is 0. The summed E-state index contributed by atoms with van der Waals surface area (Å²) in [4.78, 5) is 13.8. The third kappa shape index (κ3) is 6.06. The molecule has 0 aromatic heterocycles. The van der Waals surface area contributed by atoms with Crippen molar-refractivity contribution in [3.05, 3.63) is 118 Å². The van der Waals surface area contributed by atoms with Gasteiger partial charge in [-0.1, -0.05) is 36.4 Å². The molecule has 0 amide bonds. The Morgan fingerprint density at radius 3 is 2.00 bits per heavy atom. The van der Waals surface area contributed by atoms with Crippen LogP contribution in [0.2, 0.25) is 0 Å². The van der Waals surface area contributed by atoms with Crippen molar-refractivity contribution in [2.24, 2.45) is 5.73 Å². The quantitative estimate of drug-likeness (QED) is 0.328. The number of benzene rings is 3. The van der Waals surface area contributed by atoms with Crippen LogP contribution in [0.1, 0.15) is 28.2 Å². The van der Waals surface area contributed by atoms with Crippen molar-refractivity contribution in [3.63, 3.8) is 0 Å². The molecule has 204 valence electrons. The highest BCUT2D eigenvalue weighted by Gasteiger charge is 2.35. The lowest BCUT2D eigenvalue weighted by Crippen LogP contribution is -2.24. The molecule has 0 bridgehead atoms. The van der Waals surface area contributed by atoms with Gasteiger partial charge in [0.15, 0.2) is 28.8 Å². The van der Waals surface area contributed by atoms with Crippen molar-refractivity contribution in [3.8, 4) is 35.1 Å². The molecule has 1 unspecified atom stereocenters. The highest BCUT2D eigenvalue weighted by molar-refractivity contribution is 6.09. The normalized spacial score (nSPS) is 15.0. The monoisotopic (exact) mass is 547 g/mol. The summed E-state index contributed by atoms with van der Waals surface area (Å²) in [5.74, 6) is -0.971. The molecule has 1 heterocycles. The lowest BCUT2D eigenvalue weighted by Gasteiger charge is -2.27. The van der Waals surface area contributed by atoms with Crippen LogP contribution in [0.15, 0.2) is 95.6 Å². The summed E-state index contributed by atoms with van der Waals surface area (Å²) < 4.78 is 16.1. The van der Waals surface area contributed by atoms with E-state index < -0.39 is 11.7 Å². The Balaban J connectivity index is 1.85. The molecule has 9 nitrogen and oxygen atoms in total. The van der Waals surface area contributed by atoms with Crippen LogP contribution in [0.5, 0.6) is 23.0 Å². The van der Waals surface area contributed by atoms with E-state index in [4.69, 9.17) is 19.9 Å². The van der Waals surface area contributed by atoms with Gasteiger partial charge in [-0.25, -0.2) is 0 Å². The average molecular weight is 548 g/mol. The summed E-state index contributed by atoms with van der Waals surface area (Å²) in [5.41, 5.74) is 8.55. The molecule has 1 atom stereocenters. The van der Waals surface area contributed by atoms with Gasteiger partial charge in [0.1, 0.15) is 17.4 Å². The Morgan fingerprint density at radius 1 is 0.878 bits per heavy atom. The van der Waals surface area contributed by atoms with Crippen LogP contribution in [0.25, 0.3) is 12.2 Å². The maximum absolute atomic E-state index is 13.8. The van der Waals surface area contributed by atoms with Gasteiger partial charge in [-0.05, 0) is 65.2 Å². The van der Waals surface area contributed by atoms with E-state index in [1.807, 2.05) is 0 Å². The minimum absolute atomic E-state index is 0.0311. The number of ether oxygens (including phenoxy) is 3. The van der Waals surface area contributed by atoms with Gasteiger partial charge in [-0.3, -0.25) is 4.79 Å². The fourth-order valence-corrected chi connectivity index (χ4v) is 4.28. The summed E-state index contributed by atoms with van der Waals surface area (Å²) in [6.45, 7) is 0. The highest BCUT2D eigenvalue weighted by atomic mass is 16.5. The lowest BCUT2D eigenvalue weighted by atomic mass is 9.80. The number of phenols is 2. The Hall–Kier alpha value is -5.93. The largest absolute Gasteiger partial charge is 0.504 e. The molecule has 4 rings (SSSR count). The molecule has 4 N–H and O–H groups in total. The number of rotatable bonds is 8. The van der Waals surface area contributed by atoms with Crippen molar-refractivity contribution in [2.75, 3.05) is 14.2 Å². The van der Waals surface area contributed by atoms with Gasteiger partial charge in [-0.2, -0.15) is 10.5 Å². The van der Waals surface area contributed by atoms with E-state index in [-0.39, 0.29) is 45.8 Å². The van der Waals surface area contributed by atoms with Crippen LogP contribution >= 0.6 is 0 Å². The molecule has 1 aliphatic rings. The zero-order valence-electron chi connectivity index (χ0n) is 22.2. The number of methoxy groups -OCH3 is 2. The molecule has 3 aromatic rings. The number of nitrogens with zero attached hydrogens (tertiary/aromatic N) is 2. The smallest absolute Gasteiger partial charge is 0.205 e. The second-order valence-electron chi connectivity index (χ2n) is 8.83. The van der Waals surface area contributed by atoms with Crippen LogP contribution in [-0.2, 0) is 9.53 Å².